The van der Waals surface area contributed by atoms with Gasteiger partial charge in [0, 0.05) is 25.5 Å². The summed E-state index contributed by atoms with van der Waals surface area (Å²) in [6, 6.07) is 11.5. The second-order valence-electron chi connectivity index (χ2n) is 5.66. The van der Waals surface area contributed by atoms with E-state index in [-0.39, 0.29) is 0 Å². The standard InChI is InChI=1S/C16H17N5O/c22-16(13-5-1-3-9-17-13)7-11-20(12-8-16)15-19-18-14-6-2-4-10-21(14)15/h1-6,9-10,22H,7-8,11-12H2. The number of hydrogen-bond acceptors (Lipinski definition) is 5. The molecule has 0 radical (unpaired) electrons. The molecule has 0 saturated carbocycles. The average molecular weight is 295 g/mol. The summed E-state index contributed by atoms with van der Waals surface area (Å²) >= 11 is 0. The maximum Gasteiger partial charge on any atom is 0.231 e. The zero-order valence-corrected chi connectivity index (χ0v) is 12.1. The predicted octanol–water partition coefficient (Wildman–Crippen LogP) is 1.61. The van der Waals surface area contributed by atoms with E-state index in [0.29, 0.717) is 12.8 Å². The minimum Gasteiger partial charge on any atom is -0.383 e. The van der Waals surface area contributed by atoms with E-state index in [1.807, 2.05) is 47.0 Å². The van der Waals surface area contributed by atoms with E-state index in [2.05, 4.69) is 20.1 Å². The number of rotatable bonds is 2. The van der Waals surface area contributed by atoms with Crippen LogP contribution >= 0.6 is 0 Å². The fraction of sp³-hybridized carbons (Fsp3) is 0.312. The van der Waals surface area contributed by atoms with Gasteiger partial charge in [0.1, 0.15) is 5.60 Å². The van der Waals surface area contributed by atoms with E-state index in [0.717, 1.165) is 30.4 Å². The van der Waals surface area contributed by atoms with Crippen LogP contribution in [0.15, 0.2) is 48.8 Å². The van der Waals surface area contributed by atoms with Crippen LogP contribution in [-0.4, -0.2) is 37.8 Å². The molecule has 1 aliphatic rings. The minimum absolute atomic E-state index is 0.631. The number of hydrogen-bond donors (Lipinski definition) is 1. The van der Waals surface area contributed by atoms with Gasteiger partial charge in [0.25, 0.3) is 0 Å². The first-order chi connectivity index (χ1) is 10.8. The van der Waals surface area contributed by atoms with Crippen molar-refractivity contribution >= 4 is 11.6 Å². The van der Waals surface area contributed by atoms with Crippen LogP contribution < -0.4 is 4.90 Å². The lowest BCUT2D eigenvalue weighted by Gasteiger charge is -2.37. The molecule has 3 aromatic rings. The highest BCUT2D eigenvalue weighted by molar-refractivity contribution is 5.46. The van der Waals surface area contributed by atoms with E-state index in [4.69, 9.17) is 0 Å². The first kappa shape index (κ1) is 13.2. The van der Waals surface area contributed by atoms with E-state index in [1.165, 1.54) is 0 Å². The van der Waals surface area contributed by atoms with Crippen molar-refractivity contribution in [2.75, 3.05) is 18.0 Å². The van der Waals surface area contributed by atoms with Crippen LogP contribution in [0.25, 0.3) is 5.65 Å². The van der Waals surface area contributed by atoms with Gasteiger partial charge in [0.2, 0.25) is 5.95 Å². The van der Waals surface area contributed by atoms with Crippen molar-refractivity contribution in [2.45, 2.75) is 18.4 Å². The molecule has 1 aliphatic heterocycles. The average Bonchev–Trinajstić information content (AvgIpc) is 3.01. The van der Waals surface area contributed by atoms with E-state index in [9.17, 15) is 5.11 Å². The Morgan fingerprint density at radius 2 is 1.82 bits per heavy atom. The molecular weight excluding hydrogens is 278 g/mol. The van der Waals surface area contributed by atoms with Gasteiger partial charge in [-0.2, -0.15) is 0 Å². The van der Waals surface area contributed by atoms with Gasteiger partial charge >= 0.3 is 0 Å². The van der Waals surface area contributed by atoms with Gasteiger partial charge in [-0.3, -0.25) is 9.38 Å². The van der Waals surface area contributed by atoms with Crippen LogP contribution in [-0.2, 0) is 5.60 Å². The Bertz CT molecular complexity index is 777. The molecule has 1 saturated heterocycles. The molecule has 0 aliphatic carbocycles. The van der Waals surface area contributed by atoms with Gasteiger partial charge in [-0.05, 0) is 37.1 Å². The van der Waals surface area contributed by atoms with Gasteiger partial charge in [0.05, 0.1) is 5.69 Å². The Morgan fingerprint density at radius 3 is 2.59 bits per heavy atom. The van der Waals surface area contributed by atoms with Crippen LogP contribution in [0.3, 0.4) is 0 Å². The normalized spacial score (nSPS) is 17.8. The Hall–Kier alpha value is -2.47. The lowest BCUT2D eigenvalue weighted by Crippen LogP contribution is -2.43. The van der Waals surface area contributed by atoms with Gasteiger partial charge in [-0.1, -0.05) is 12.1 Å². The highest BCUT2D eigenvalue weighted by atomic mass is 16.3. The van der Waals surface area contributed by atoms with Crippen LogP contribution in [0.4, 0.5) is 5.95 Å². The zero-order valence-electron chi connectivity index (χ0n) is 12.1. The number of fused-ring (bicyclic) bond motifs is 1. The lowest BCUT2D eigenvalue weighted by atomic mass is 9.88. The molecule has 0 aromatic carbocycles. The maximum atomic E-state index is 10.8. The van der Waals surface area contributed by atoms with Gasteiger partial charge < -0.3 is 10.0 Å². The molecule has 0 bridgehead atoms. The quantitative estimate of drug-likeness (QED) is 0.778. The van der Waals surface area contributed by atoms with Crippen molar-refractivity contribution in [3.8, 4) is 0 Å². The molecule has 1 N–H and O–H groups in total. The number of aliphatic hydroxyl groups is 1. The molecular formula is C16H17N5O. The molecule has 0 atom stereocenters. The van der Waals surface area contributed by atoms with Crippen molar-refractivity contribution < 1.29 is 5.11 Å². The fourth-order valence-corrected chi connectivity index (χ4v) is 3.02. The molecule has 112 valence electrons. The number of aromatic nitrogens is 4. The molecule has 0 spiro atoms. The third-order valence-corrected chi connectivity index (χ3v) is 4.31. The Labute approximate surface area is 128 Å². The van der Waals surface area contributed by atoms with Crippen LogP contribution in [0.5, 0.6) is 0 Å². The van der Waals surface area contributed by atoms with E-state index < -0.39 is 5.60 Å². The van der Waals surface area contributed by atoms with Crippen molar-refractivity contribution in [2.24, 2.45) is 0 Å². The summed E-state index contributed by atoms with van der Waals surface area (Å²) in [6.45, 7) is 1.45. The van der Waals surface area contributed by atoms with Crippen LogP contribution in [0.2, 0.25) is 0 Å². The summed E-state index contributed by atoms with van der Waals surface area (Å²) in [6.07, 6.45) is 4.95. The van der Waals surface area contributed by atoms with Gasteiger partial charge in [-0.15, -0.1) is 10.2 Å². The summed E-state index contributed by atoms with van der Waals surface area (Å²) in [5.74, 6) is 0.832. The monoisotopic (exact) mass is 295 g/mol. The van der Waals surface area contributed by atoms with E-state index >= 15 is 0 Å². The number of anilines is 1. The van der Waals surface area contributed by atoms with Gasteiger partial charge in [-0.25, -0.2) is 0 Å². The second-order valence-corrected chi connectivity index (χ2v) is 5.66. The van der Waals surface area contributed by atoms with E-state index in [1.54, 1.807) is 6.20 Å². The third-order valence-electron chi connectivity index (χ3n) is 4.31. The predicted molar refractivity (Wildman–Crippen MR) is 82.6 cm³/mol. The number of piperidine rings is 1. The minimum atomic E-state index is -0.849. The second kappa shape index (κ2) is 5.06. The molecule has 6 heteroatoms. The maximum absolute atomic E-state index is 10.8. The lowest BCUT2D eigenvalue weighted by molar-refractivity contribution is 0.00734. The first-order valence-corrected chi connectivity index (χ1v) is 7.45. The van der Waals surface area contributed by atoms with Crippen molar-refractivity contribution in [1.82, 2.24) is 19.6 Å². The van der Waals surface area contributed by atoms with Gasteiger partial charge in [0.15, 0.2) is 5.65 Å². The molecule has 0 unspecified atom stereocenters. The van der Waals surface area contributed by atoms with Crippen molar-refractivity contribution in [1.29, 1.82) is 0 Å². The number of pyridine rings is 2. The SMILES string of the molecule is OC1(c2ccccn2)CCN(c2nnc3ccccn23)CC1. The topological polar surface area (TPSA) is 66.6 Å². The summed E-state index contributed by atoms with van der Waals surface area (Å²) in [7, 11) is 0. The fourth-order valence-electron chi connectivity index (χ4n) is 3.02. The summed E-state index contributed by atoms with van der Waals surface area (Å²) in [4.78, 5) is 6.47. The smallest absolute Gasteiger partial charge is 0.231 e. The molecule has 6 nitrogen and oxygen atoms in total. The van der Waals surface area contributed by atoms with Crippen molar-refractivity contribution in [3.63, 3.8) is 0 Å². The highest BCUT2D eigenvalue weighted by Gasteiger charge is 2.36. The first-order valence-electron chi connectivity index (χ1n) is 7.45. The summed E-state index contributed by atoms with van der Waals surface area (Å²) in [5.41, 5.74) is 0.738. The molecule has 1 fully saturated rings. The van der Waals surface area contributed by atoms with Crippen molar-refractivity contribution in [3.05, 3.63) is 54.5 Å². The largest absolute Gasteiger partial charge is 0.383 e. The Balaban J connectivity index is 1.57. The Kier molecular flexibility index (Phi) is 3.04. The Morgan fingerprint density at radius 1 is 1.00 bits per heavy atom. The zero-order chi connectivity index (χ0) is 15.0. The summed E-state index contributed by atoms with van der Waals surface area (Å²) in [5, 5.41) is 19.3. The highest BCUT2D eigenvalue weighted by Crippen LogP contribution is 2.32. The van der Waals surface area contributed by atoms with Crippen LogP contribution in [0.1, 0.15) is 18.5 Å². The molecule has 22 heavy (non-hydrogen) atoms. The number of nitrogens with zero attached hydrogens (tertiary/aromatic N) is 5. The molecule has 0 amide bonds. The molecule has 3 aromatic heterocycles. The summed E-state index contributed by atoms with van der Waals surface area (Å²) < 4.78 is 1.98. The van der Waals surface area contributed by atoms with Crippen LogP contribution in [0, 0.1) is 0 Å². The molecule has 4 rings (SSSR count). The third kappa shape index (κ3) is 2.12. The molecule has 4 heterocycles.